The second-order valence-electron chi connectivity index (χ2n) is 5.54. The fourth-order valence-electron chi connectivity index (χ4n) is 2.90. The Morgan fingerprint density at radius 2 is 1.90 bits per heavy atom. The summed E-state index contributed by atoms with van der Waals surface area (Å²) in [6, 6.07) is 12.4. The molecule has 3 heteroatoms. The molecule has 1 aromatic carbocycles. The van der Waals surface area contributed by atoms with Gasteiger partial charge in [0.1, 0.15) is 0 Å². The first-order chi connectivity index (χ1) is 9.74. The zero-order valence-corrected chi connectivity index (χ0v) is 11.8. The maximum atomic E-state index is 12.3. The van der Waals surface area contributed by atoms with Gasteiger partial charge in [-0.2, -0.15) is 0 Å². The minimum absolute atomic E-state index is 0.0489. The van der Waals surface area contributed by atoms with Crippen LogP contribution < -0.4 is 5.32 Å². The monoisotopic (exact) mass is 268 g/mol. The molecule has 2 N–H and O–H groups in total. The Kier molecular flexibility index (Phi) is 3.59. The van der Waals surface area contributed by atoms with Crippen LogP contribution in [0.3, 0.4) is 0 Å². The fourth-order valence-corrected chi connectivity index (χ4v) is 2.90. The first kappa shape index (κ1) is 13.0. The van der Waals surface area contributed by atoms with Crippen LogP contribution in [0.4, 0.5) is 0 Å². The van der Waals surface area contributed by atoms with Gasteiger partial charge >= 0.3 is 0 Å². The minimum Gasteiger partial charge on any atom is -0.358 e. The molecule has 0 aliphatic heterocycles. The lowest BCUT2D eigenvalue weighted by atomic mass is 10.1. The molecule has 2 aromatic rings. The van der Waals surface area contributed by atoms with Gasteiger partial charge in [-0.15, -0.1) is 0 Å². The normalized spacial score (nSPS) is 15.4. The number of rotatable bonds is 3. The van der Waals surface area contributed by atoms with Crippen molar-refractivity contribution in [2.45, 2.75) is 38.6 Å². The molecular weight excluding hydrogens is 248 g/mol. The van der Waals surface area contributed by atoms with Gasteiger partial charge in [0.05, 0.1) is 5.56 Å². The molecule has 1 aliphatic carbocycles. The number of nitrogens with one attached hydrogen (secondary N) is 2. The number of benzene rings is 1. The average molecular weight is 268 g/mol. The molecule has 0 spiro atoms. The number of hydrogen-bond donors (Lipinski definition) is 2. The van der Waals surface area contributed by atoms with Crippen molar-refractivity contribution in [2.24, 2.45) is 0 Å². The van der Waals surface area contributed by atoms with Crippen molar-refractivity contribution in [2.75, 3.05) is 0 Å². The number of carbonyl (C=O) groups is 1. The van der Waals surface area contributed by atoms with E-state index in [1.54, 1.807) is 0 Å². The molecule has 20 heavy (non-hydrogen) atoms. The summed E-state index contributed by atoms with van der Waals surface area (Å²) in [5.41, 5.74) is 3.80. The van der Waals surface area contributed by atoms with Gasteiger partial charge in [0.2, 0.25) is 0 Å². The third-order valence-electron chi connectivity index (χ3n) is 4.03. The van der Waals surface area contributed by atoms with E-state index in [0.717, 1.165) is 35.4 Å². The van der Waals surface area contributed by atoms with Crippen LogP contribution in [0.15, 0.2) is 36.4 Å². The van der Waals surface area contributed by atoms with Crippen molar-refractivity contribution in [1.29, 1.82) is 0 Å². The van der Waals surface area contributed by atoms with E-state index in [9.17, 15) is 4.79 Å². The lowest BCUT2D eigenvalue weighted by Crippen LogP contribution is -2.32. The fraction of sp³-hybridized carbons (Fsp3) is 0.353. The van der Waals surface area contributed by atoms with Gasteiger partial charge in [0, 0.05) is 17.4 Å². The molecule has 1 aliphatic rings. The van der Waals surface area contributed by atoms with Gasteiger partial charge in [0.25, 0.3) is 5.91 Å². The van der Waals surface area contributed by atoms with Gasteiger partial charge in [-0.25, -0.2) is 0 Å². The van der Waals surface area contributed by atoms with Crippen LogP contribution in [0.1, 0.15) is 41.7 Å². The van der Waals surface area contributed by atoms with E-state index in [1.165, 1.54) is 12.8 Å². The summed E-state index contributed by atoms with van der Waals surface area (Å²) in [7, 11) is 0. The molecule has 0 unspecified atom stereocenters. The molecule has 104 valence electrons. The number of hydrogen-bond acceptors (Lipinski definition) is 1. The van der Waals surface area contributed by atoms with Crippen LogP contribution in [0.2, 0.25) is 0 Å². The minimum atomic E-state index is 0.0489. The molecule has 0 radical (unpaired) electrons. The van der Waals surface area contributed by atoms with Gasteiger partial charge in [0.15, 0.2) is 0 Å². The number of carbonyl (C=O) groups excluding carboxylic acids is 1. The molecule has 1 amide bonds. The molecule has 1 heterocycles. The summed E-state index contributed by atoms with van der Waals surface area (Å²) in [5.74, 6) is 0.0489. The van der Waals surface area contributed by atoms with E-state index in [-0.39, 0.29) is 5.91 Å². The topological polar surface area (TPSA) is 44.9 Å². The first-order valence-electron chi connectivity index (χ1n) is 7.30. The van der Waals surface area contributed by atoms with E-state index < -0.39 is 0 Å². The van der Waals surface area contributed by atoms with E-state index in [0.29, 0.717) is 6.04 Å². The third kappa shape index (κ3) is 2.62. The molecule has 0 atom stereocenters. The summed E-state index contributed by atoms with van der Waals surface area (Å²) in [6.07, 6.45) is 4.68. The van der Waals surface area contributed by atoms with E-state index in [1.807, 2.05) is 43.3 Å². The second-order valence-corrected chi connectivity index (χ2v) is 5.54. The van der Waals surface area contributed by atoms with Gasteiger partial charge in [-0.3, -0.25) is 4.79 Å². The zero-order valence-electron chi connectivity index (χ0n) is 11.8. The molecule has 3 nitrogen and oxygen atoms in total. The summed E-state index contributed by atoms with van der Waals surface area (Å²) in [5, 5.41) is 3.14. The molecule has 1 aromatic heterocycles. The van der Waals surface area contributed by atoms with Crippen molar-refractivity contribution < 1.29 is 4.79 Å². The quantitative estimate of drug-likeness (QED) is 0.876. The van der Waals surface area contributed by atoms with E-state index >= 15 is 0 Å². The van der Waals surface area contributed by atoms with Gasteiger partial charge < -0.3 is 10.3 Å². The van der Waals surface area contributed by atoms with Crippen molar-refractivity contribution in [1.82, 2.24) is 10.3 Å². The predicted octanol–water partition coefficient (Wildman–Crippen LogP) is 3.66. The molecular formula is C17H20N2O. The van der Waals surface area contributed by atoms with Crippen LogP contribution in [0.25, 0.3) is 11.3 Å². The largest absolute Gasteiger partial charge is 0.358 e. The number of aromatic nitrogens is 1. The van der Waals surface area contributed by atoms with Crippen molar-refractivity contribution >= 4 is 5.91 Å². The summed E-state index contributed by atoms with van der Waals surface area (Å²) < 4.78 is 0. The Morgan fingerprint density at radius 1 is 1.20 bits per heavy atom. The SMILES string of the molecule is Cc1[nH]c(-c2ccccc2)cc1C(=O)NC1CCCC1. The Labute approximate surface area is 119 Å². The Balaban J connectivity index is 1.80. The first-order valence-corrected chi connectivity index (χ1v) is 7.30. The van der Waals surface area contributed by atoms with Crippen LogP contribution >= 0.6 is 0 Å². The van der Waals surface area contributed by atoms with Crippen LogP contribution in [0, 0.1) is 6.92 Å². The smallest absolute Gasteiger partial charge is 0.253 e. The molecule has 0 bridgehead atoms. The number of H-pyrrole nitrogens is 1. The zero-order chi connectivity index (χ0) is 13.9. The molecule has 3 rings (SSSR count). The third-order valence-corrected chi connectivity index (χ3v) is 4.03. The molecule has 0 saturated heterocycles. The number of amides is 1. The lowest BCUT2D eigenvalue weighted by Gasteiger charge is -2.11. The van der Waals surface area contributed by atoms with Gasteiger partial charge in [-0.1, -0.05) is 43.2 Å². The summed E-state index contributed by atoms with van der Waals surface area (Å²) in [6.45, 7) is 1.95. The predicted molar refractivity (Wildman–Crippen MR) is 80.7 cm³/mol. The van der Waals surface area contributed by atoms with E-state index in [4.69, 9.17) is 0 Å². The maximum absolute atomic E-state index is 12.3. The van der Waals surface area contributed by atoms with Crippen molar-refractivity contribution in [3.8, 4) is 11.3 Å². The highest BCUT2D eigenvalue weighted by Gasteiger charge is 2.20. The number of aromatic amines is 1. The number of aryl methyl sites for hydroxylation is 1. The average Bonchev–Trinajstić information content (AvgIpc) is 3.09. The second kappa shape index (κ2) is 5.53. The van der Waals surface area contributed by atoms with Crippen molar-refractivity contribution in [3.63, 3.8) is 0 Å². The highest BCUT2D eigenvalue weighted by molar-refractivity contribution is 5.97. The van der Waals surface area contributed by atoms with Crippen LogP contribution in [-0.2, 0) is 0 Å². The Hall–Kier alpha value is -2.03. The molecule has 1 fully saturated rings. The van der Waals surface area contributed by atoms with Gasteiger partial charge in [-0.05, 0) is 31.4 Å². The maximum Gasteiger partial charge on any atom is 0.253 e. The highest BCUT2D eigenvalue weighted by Crippen LogP contribution is 2.23. The van der Waals surface area contributed by atoms with Crippen molar-refractivity contribution in [3.05, 3.63) is 47.7 Å². The standard InChI is InChI=1S/C17H20N2O/c1-12-15(17(20)19-14-9-5-6-10-14)11-16(18-12)13-7-3-2-4-8-13/h2-4,7-8,11,14,18H,5-6,9-10H2,1H3,(H,19,20). The Bertz CT molecular complexity index is 595. The summed E-state index contributed by atoms with van der Waals surface area (Å²) >= 11 is 0. The Morgan fingerprint density at radius 3 is 2.60 bits per heavy atom. The summed E-state index contributed by atoms with van der Waals surface area (Å²) in [4.78, 5) is 15.6. The van der Waals surface area contributed by atoms with E-state index in [2.05, 4.69) is 10.3 Å². The molecule has 1 saturated carbocycles. The lowest BCUT2D eigenvalue weighted by molar-refractivity contribution is 0.0937. The highest BCUT2D eigenvalue weighted by atomic mass is 16.1. The van der Waals surface area contributed by atoms with Crippen LogP contribution in [-0.4, -0.2) is 16.9 Å². The van der Waals surface area contributed by atoms with Crippen LogP contribution in [0.5, 0.6) is 0 Å².